The first-order valence-electron chi connectivity index (χ1n) is 12.6. The standard InChI is InChI=1S/C28H33ClN4O2/c1-2-34-23-15-21(16-24(17-23)35-19-20-7-4-3-5-8-20)18-33-13-11-22(12-14-33)30-27-25-9-6-10-26(25)31-28(29)32-27/h3-5,7-8,15-17,22H,2,6,9-14,18-19H2,1H3,(H,30,31,32). The van der Waals surface area contributed by atoms with Gasteiger partial charge in [-0.15, -0.1) is 0 Å². The van der Waals surface area contributed by atoms with E-state index in [-0.39, 0.29) is 0 Å². The summed E-state index contributed by atoms with van der Waals surface area (Å²) in [6.07, 6.45) is 5.31. The third-order valence-corrected chi connectivity index (χ3v) is 6.91. The quantitative estimate of drug-likeness (QED) is 0.388. The Hall–Kier alpha value is -2.83. The van der Waals surface area contributed by atoms with Gasteiger partial charge in [-0.1, -0.05) is 30.3 Å². The van der Waals surface area contributed by atoms with Crippen molar-refractivity contribution in [3.05, 3.63) is 76.2 Å². The lowest BCUT2D eigenvalue weighted by Crippen LogP contribution is -2.39. The number of rotatable bonds is 9. The molecule has 6 nitrogen and oxygen atoms in total. The second-order valence-electron chi connectivity index (χ2n) is 9.33. The zero-order chi connectivity index (χ0) is 24.0. The van der Waals surface area contributed by atoms with Crippen molar-refractivity contribution in [2.75, 3.05) is 25.0 Å². The van der Waals surface area contributed by atoms with Gasteiger partial charge in [0.2, 0.25) is 5.28 Å². The van der Waals surface area contributed by atoms with Crippen LogP contribution < -0.4 is 14.8 Å². The Morgan fingerprint density at radius 2 is 1.74 bits per heavy atom. The first-order chi connectivity index (χ1) is 17.2. The molecule has 5 rings (SSSR count). The molecule has 1 aromatic heterocycles. The zero-order valence-corrected chi connectivity index (χ0v) is 21.1. The van der Waals surface area contributed by atoms with E-state index < -0.39 is 0 Å². The smallest absolute Gasteiger partial charge is 0.224 e. The molecule has 0 radical (unpaired) electrons. The Labute approximate surface area is 212 Å². The minimum absolute atomic E-state index is 0.352. The number of ether oxygens (including phenoxy) is 2. The van der Waals surface area contributed by atoms with E-state index in [0.717, 1.165) is 80.3 Å². The molecule has 1 N–H and O–H groups in total. The molecule has 1 fully saturated rings. The predicted molar refractivity (Wildman–Crippen MR) is 139 cm³/mol. The first-order valence-corrected chi connectivity index (χ1v) is 13.0. The fraction of sp³-hybridized carbons (Fsp3) is 0.429. The van der Waals surface area contributed by atoms with Crippen LogP contribution in [0.15, 0.2) is 48.5 Å². The molecule has 0 unspecified atom stereocenters. The summed E-state index contributed by atoms with van der Waals surface area (Å²) < 4.78 is 11.9. The number of halogens is 1. The fourth-order valence-electron chi connectivity index (χ4n) is 5.00. The molecule has 2 heterocycles. The van der Waals surface area contributed by atoms with Gasteiger partial charge in [0, 0.05) is 37.3 Å². The van der Waals surface area contributed by atoms with Gasteiger partial charge >= 0.3 is 0 Å². The molecule has 1 aliphatic heterocycles. The molecule has 0 atom stereocenters. The van der Waals surface area contributed by atoms with Crippen molar-refractivity contribution in [3.8, 4) is 11.5 Å². The zero-order valence-electron chi connectivity index (χ0n) is 20.3. The van der Waals surface area contributed by atoms with Crippen molar-refractivity contribution >= 4 is 17.4 Å². The van der Waals surface area contributed by atoms with Crippen LogP contribution in [0.25, 0.3) is 0 Å². The summed E-state index contributed by atoms with van der Waals surface area (Å²) in [7, 11) is 0. The molecule has 184 valence electrons. The molecule has 1 aliphatic carbocycles. The average Bonchev–Trinajstić information content (AvgIpc) is 3.33. The van der Waals surface area contributed by atoms with Gasteiger partial charge in [-0.3, -0.25) is 4.90 Å². The van der Waals surface area contributed by atoms with E-state index in [2.05, 4.69) is 44.5 Å². The molecule has 0 saturated carbocycles. The number of hydrogen-bond donors (Lipinski definition) is 1. The molecule has 2 aliphatic rings. The van der Waals surface area contributed by atoms with E-state index in [1.165, 1.54) is 11.1 Å². The first kappa shape index (κ1) is 23.9. The van der Waals surface area contributed by atoms with E-state index in [1.807, 2.05) is 31.2 Å². The summed E-state index contributed by atoms with van der Waals surface area (Å²) in [5.74, 6) is 2.65. The minimum atomic E-state index is 0.352. The van der Waals surface area contributed by atoms with Gasteiger partial charge in [0.1, 0.15) is 23.9 Å². The van der Waals surface area contributed by atoms with Gasteiger partial charge in [0.25, 0.3) is 0 Å². The number of likely N-dealkylation sites (tertiary alicyclic amines) is 1. The third-order valence-electron chi connectivity index (χ3n) is 6.74. The molecule has 0 spiro atoms. The molecule has 35 heavy (non-hydrogen) atoms. The van der Waals surface area contributed by atoms with Crippen LogP contribution in [0.5, 0.6) is 11.5 Å². The molecular formula is C28H33ClN4O2. The summed E-state index contributed by atoms with van der Waals surface area (Å²) in [5.41, 5.74) is 4.74. The highest BCUT2D eigenvalue weighted by atomic mass is 35.5. The summed E-state index contributed by atoms with van der Waals surface area (Å²) in [6, 6.07) is 16.9. The average molecular weight is 493 g/mol. The number of aryl methyl sites for hydroxylation is 1. The number of nitrogens with one attached hydrogen (secondary N) is 1. The van der Waals surface area contributed by atoms with Crippen LogP contribution in [0.3, 0.4) is 0 Å². The van der Waals surface area contributed by atoms with Crippen LogP contribution in [0, 0.1) is 0 Å². The summed E-state index contributed by atoms with van der Waals surface area (Å²) in [4.78, 5) is 11.4. The Morgan fingerprint density at radius 1 is 0.971 bits per heavy atom. The Bertz CT molecular complexity index is 1130. The summed E-state index contributed by atoms with van der Waals surface area (Å²) in [5, 5.41) is 4.02. The summed E-state index contributed by atoms with van der Waals surface area (Å²) in [6.45, 7) is 6.12. The van der Waals surface area contributed by atoms with Crippen molar-refractivity contribution in [3.63, 3.8) is 0 Å². The van der Waals surface area contributed by atoms with Crippen LogP contribution in [-0.4, -0.2) is 40.6 Å². The Morgan fingerprint density at radius 3 is 2.51 bits per heavy atom. The minimum Gasteiger partial charge on any atom is -0.494 e. The molecule has 0 amide bonds. The highest BCUT2D eigenvalue weighted by Crippen LogP contribution is 2.30. The SMILES string of the molecule is CCOc1cc(CN2CCC(Nc3nc(Cl)nc4c3CCC4)CC2)cc(OCc2ccccc2)c1. The number of hydrogen-bond acceptors (Lipinski definition) is 6. The number of benzene rings is 2. The van der Waals surface area contributed by atoms with Crippen LogP contribution in [-0.2, 0) is 26.0 Å². The van der Waals surface area contributed by atoms with Gasteiger partial charge in [0.15, 0.2) is 0 Å². The highest BCUT2D eigenvalue weighted by molar-refractivity contribution is 6.28. The molecule has 0 bridgehead atoms. The van der Waals surface area contributed by atoms with Gasteiger partial charge in [0.05, 0.1) is 12.3 Å². The van der Waals surface area contributed by atoms with Crippen molar-refractivity contribution in [1.29, 1.82) is 0 Å². The van der Waals surface area contributed by atoms with E-state index in [1.54, 1.807) is 0 Å². The fourth-order valence-corrected chi connectivity index (χ4v) is 5.19. The van der Waals surface area contributed by atoms with Gasteiger partial charge in [-0.2, -0.15) is 0 Å². The number of anilines is 1. The van der Waals surface area contributed by atoms with Crippen LogP contribution in [0.2, 0.25) is 5.28 Å². The van der Waals surface area contributed by atoms with Crippen molar-refractivity contribution in [2.45, 2.75) is 58.2 Å². The number of nitrogens with zero attached hydrogens (tertiary/aromatic N) is 3. The van der Waals surface area contributed by atoms with Crippen molar-refractivity contribution < 1.29 is 9.47 Å². The second-order valence-corrected chi connectivity index (χ2v) is 9.67. The van der Waals surface area contributed by atoms with Gasteiger partial charge in [-0.05, 0) is 73.9 Å². The van der Waals surface area contributed by atoms with Gasteiger partial charge in [-0.25, -0.2) is 9.97 Å². The lowest BCUT2D eigenvalue weighted by Gasteiger charge is -2.33. The maximum Gasteiger partial charge on any atom is 0.224 e. The second kappa shape index (κ2) is 11.3. The van der Waals surface area contributed by atoms with Crippen LogP contribution in [0.1, 0.15) is 48.6 Å². The molecule has 2 aromatic carbocycles. The largest absolute Gasteiger partial charge is 0.494 e. The lowest BCUT2D eigenvalue weighted by atomic mass is 10.0. The van der Waals surface area contributed by atoms with Crippen molar-refractivity contribution in [1.82, 2.24) is 14.9 Å². The predicted octanol–water partition coefficient (Wildman–Crippen LogP) is 5.67. The molecule has 1 saturated heterocycles. The maximum absolute atomic E-state index is 6.17. The molecule has 7 heteroatoms. The van der Waals surface area contributed by atoms with Crippen molar-refractivity contribution in [2.24, 2.45) is 0 Å². The maximum atomic E-state index is 6.17. The van der Waals surface area contributed by atoms with Crippen LogP contribution >= 0.6 is 11.6 Å². The molecule has 3 aromatic rings. The van der Waals surface area contributed by atoms with Gasteiger partial charge < -0.3 is 14.8 Å². The summed E-state index contributed by atoms with van der Waals surface area (Å²) >= 11 is 6.17. The third kappa shape index (κ3) is 6.24. The lowest BCUT2D eigenvalue weighted by molar-refractivity contribution is 0.210. The Kier molecular flexibility index (Phi) is 7.69. The number of piperidine rings is 1. The Balaban J connectivity index is 1.19. The van der Waals surface area contributed by atoms with E-state index in [4.69, 9.17) is 21.1 Å². The number of fused-ring (bicyclic) bond motifs is 1. The topological polar surface area (TPSA) is 59.5 Å². The molecular weight excluding hydrogens is 460 g/mol. The normalized spacial score (nSPS) is 16.2. The number of aromatic nitrogens is 2. The van der Waals surface area contributed by atoms with E-state index in [0.29, 0.717) is 24.5 Å². The monoisotopic (exact) mass is 492 g/mol. The van der Waals surface area contributed by atoms with Crippen LogP contribution in [0.4, 0.5) is 5.82 Å². The highest BCUT2D eigenvalue weighted by Gasteiger charge is 2.24. The van der Waals surface area contributed by atoms with E-state index in [9.17, 15) is 0 Å². The van der Waals surface area contributed by atoms with E-state index >= 15 is 0 Å².